The van der Waals surface area contributed by atoms with Gasteiger partial charge < -0.3 is 5.73 Å². The summed E-state index contributed by atoms with van der Waals surface area (Å²) in [6.45, 7) is 5.83. The molecule has 0 aromatic carbocycles. The molecule has 1 aromatic rings. The Balaban J connectivity index is 2.85. The molecule has 0 aliphatic heterocycles. The predicted octanol–water partition coefficient (Wildman–Crippen LogP) is 1.67. The van der Waals surface area contributed by atoms with E-state index in [0.29, 0.717) is 16.9 Å². The van der Waals surface area contributed by atoms with Crippen molar-refractivity contribution in [2.75, 3.05) is 0 Å². The Morgan fingerprint density at radius 3 is 2.67 bits per heavy atom. The van der Waals surface area contributed by atoms with E-state index in [-0.39, 0.29) is 0 Å². The molecule has 4 nitrogen and oxygen atoms in total. The van der Waals surface area contributed by atoms with Gasteiger partial charge in [0.05, 0.1) is 5.84 Å². The van der Waals surface area contributed by atoms with E-state index in [2.05, 4.69) is 14.3 Å². The standard InChI is InChI=1S/C7H12N4S/c1-4(2)6-10-7(12-11-6)9-5(3)8/h4H,1-3H3,(H2,8,9,10,11). The van der Waals surface area contributed by atoms with Crippen molar-refractivity contribution in [1.82, 2.24) is 9.36 Å². The van der Waals surface area contributed by atoms with Crippen molar-refractivity contribution in [1.29, 1.82) is 0 Å². The summed E-state index contributed by atoms with van der Waals surface area (Å²) in [6, 6.07) is 0. The third kappa shape index (κ3) is 2.27. The molecule has 1 rings (SSSR count). The van der Waals surface area contributed by atoms with Gasteiger partial charge in [0, 0.05) is 17.5 Å². The first-order chi connectivity index (χ1) is 5.59. The Labute approximate surface area is 75.7 Å². The maximum absolute atomic E-state index is 5.40. The van der Waals surface area contributed by atoms with Crippen molar-refractivity contribution < 1.29 is 0 Å². The first-order valence-corrected chi connectivity index (χ1v) is 4.51. The Bertz CT molecular complexity index is 285. The second-order valence-corrected chi connectivity index (χ2v) is 3.57. The number of nitrogens with two attached hydrogens (primary N) is 1. The molecular weight excluding hydrogens is 172 g/mol. The van der Waals surface area contributed by atoms with Crippen molar-refractivity contribution in [2.45, 2.75) is 26.7 Å². The molecule has 0 aliphatic rings. The van der Waals surface area contributed by atoms with Crippen LogP contribution in [0.1, 0.15) is 32.5 Å². The van der Waals surface area contributed by atoms with Crippen LogP contribution in [0.15, 0.2) is 4.99 Å². The zero-order chi connectivity index (χ0) is 9.14. The van der Waals surface area contributed by atoms with Crippen LogP contribution in [0.3, 0.4) is 0 Å². The molecule has 0 bridgehead atoms. The van der Waals surface area contributed by atoms with Gasteiger partial charge in [0.15, 0.2) is 0 Å². The maximum Gasteiger partial charge on any atom is 0.230 e. The molecule has 0 fully saturated rings. The second-order valence-electron chi connectivity index (χ2n) is 2.84. The van der Waals surface area contributed by atoms with Gasteiger partial charge in [-0.3, -0.25) is 0 Å². The molecule has 0 amide bonds. The predicted molar refractivity (Wildman–Crippen MR) is 51.0 cm³/mol. The summed E-state index contributed by atoms with van der Waals surface area (Å²) < 4.78 is 4.14. The fourth-order valence-corrected chi connectivity index (χ4v) is 1.40. The molecule has 0 aliphatic carbocycles. The summed E-state index contributed by atoms with van der Waals surface area (Å²) in [5.41, 5.74) is 5.40. The Hall–Kier alpha value is -0.970. The number of hydrogen-bond acceptors (Lipinski definition) is 4. The minimum atomic E-state index is 0.350. The highest BCUT2D eigenvalue weighted by Crippen LogP contribution is 2.19. The Morgan fingerprint density at radius 1 is 1.58 bits per heavy atom. The van der Waals surface area contributed by atoms with Gasteiger partial charge in [-0.05, 0) is 6.92 Å². The average molecular weight is 184 g/mol. The van der Waals surface area contributed by atoms with Crippen molar-refractivity contribution >= 4 is 22.5 Å². The van der Waals surface area contributed by atoms with Crippen LogP contribution in [0.2, 0.25) is 0 Å². The quantitative estimate of drug-likeness (QED) is 0.561. The monoisotopic (exact) mass is 184 g/mol. The number of rotatable bonds is 2. The molecule has 5 heteroatoms. The van der Waals surface area contributed by atoms with Crippen LogP contribution < -0.4 is 5.73 Å². The molecule has 0 spiro atoms. The third-order valence-electron chi connectivity index (χ3n) is 1.22. The van der Waals surface area contributed by atoms with Gasteiger partial charge in [-0.1, -0.05) is 13.8 Å². The van der Waals surface area contributed by atoms with Crippen LogP contribution >= 0.6 is 11.5 Å². The van der Waals surface area contributed by atoms with Crippen molar-refractivity contribution in [3.8, 4) is 0 Å². The summed E-state index contributed by atoms with van der Waals surface area (Å²) in [5, 5.41) is 0.638. The fraction of sp³-hybridized carbons (Fsp3) is 0.571. The van der Waals surface area contributed by atoms with Gasteiger partial charge in [0.1, 0.15) is 5.82 Å². The van der Waals surface area contributed by atoms with Crippen LogP contribution in [0, 0.1) is 0 Å². The molecular formula is C7H12N4S. The lowest BCUT2D eigenvalue weighted by Gasteiger charge is -1.93. The SMILES string of the molecule is C/C(N)=N/c1nc(C(C)C)ns1. The van der Waals surface area contributed by atoms with Gasteiger partial charge in [-0.2, -0.15) is 4.37 Å². The second kappa shape index (κ2) is 3.62. The molecule has 0 atom stereocenters. The lowest BCUT2D eigenvalue weighted by molar-refractivity contribution is 0.799. The first-order valence-electron chi connectivity index (χ1n) is 3.74. The summed E-state index contributed by atoms with van der Waals surface area (Å²) in [7, 11) is 0. The largest absolute Gasteiger partial charge is 0.387 e. The normalized spacial score (nSPS) is 12.5. The molecule has 0 saturated carbocycles. The lowest BCUT2D eigenvalue weighted by Crippen LogP contribution is -2.03. The van der Waals surface area contributed by atoms with Crippen LogP contribution in [0.4, 0.5) is 5.13 Å². The molecule has 1 heterocycles. The number of aliphatic imine (C=N–C) groups is 1. The van der Waals surface area contributed by atoms with Crippen molar-refractivity contribution in [2.24, 2.45) is 10.7 Å². The van der Waals surface area contributed by atoms with E-state index in [9.17, 15) is 0 Å². The van der Waals surface area contributed by atoms with Crippen LogP contribution in [-0.4, -0.2) is 15.2 Å². The molecule has 0 radical (unpaired) electrons. The summed E-state index contributed by atoms with van der Waals surface area (Å²) in [4.78, 5) is 8.19. The minimum Gasteiger partial charge on any atom is -0.387 e. The lowest BCUT2D eigenvalue weighted by atomic mass is 10.2. The van der Waals surface area contributed by atoms with Gasteiger partial charge in [-0.25, -0.2) is 9.98 Å². The Morgan fingerprint density at radius 2 is 2.25 bits per heavy atom. The molecule has 0 unspecified atom stereocenters. The minimum absolute atomic E-state index is 0.350. The number of amidine groups is 1. The molecule has 0 saturated heterocycles. The topological polar surface area (TPSA) is 64.2 Å². The summed E-state index contributed by atoms with van der Waals surface area (Å²) in [5.74, 6) is 1.70. The van der Waals surface area contributed by atoms with E-state index in [1.54, 1.807) is 6.92 Å². The molecule has 12 heavy (non-hydrogen) atoms. The van der Waals surface area contributed by atoms with Gasteiger partial charge in [-0.15, -0.1) is 0 Å². The number of hydrogen-bond donors (Lipinski definition) is 1. The highest BCUT2D eigenvalue weighted by atomic mass is 32.1. The van der Waals surface area contributed by atoms with Crippen LogP contribution in [-0.2, 0) is 0 Å². The van der Waals surface area contributed by atoms with Gasteiger partial charge in [0.25, 0.3) is 0 Å². The molecule has 66 valence electrons. The van der Waals surface area contributed by atoms with Crippen LogP contribution in [0.5, 0.6) is 0 Å². The van der Waals surface area contributed by atoms with E-state index < -0.39 is 0 Å². The van der Waals surface area contributed by atoms with Crippen molar-refractivity contribution in [3.63, 3.8) is 0 Å². The average Bonchev–Trinajstić information content (AvgIpc) is 2.34. The maximum atomic E-state index is 5.40. The molecule has 2 N–H and O–H groups in total. The van der Waals surface area contributed by atoms with E-state index >= 15 is 0 Å². The van der Waals surface area contributed by atoms with E-state index in [4.69, 9.17) is 5.73 Å². The molecule has 1 aromatic heterocycles. The van der Waals surface area contributed by atoms with Crippen molar-refractivity contribution in [3.05, 3.63) is 5.82 Å². The number of aromatic nitrogens is 2. The van der Waals surface area contributed by atoms with E-state index in [1.807, 2.05) is 13.8 Å². The fourth-order valence-electron chi connectivity index (χ4n) is 0.657. The van der Waals surface area contributed by atoms with Gasteiger partial charge in [0.2, 0.25) is 5.13 Å². The zero-order valence-electron chi connectivity index (χ0n) is 7.40. The smallest absolute Gasteiger partial charge is 0.230 e. The number of nitrogens with zero attached hydrogens (tertiary/aromatic N) is 3. The van der Waals surface area contributed by atoms with Crippen LogP contribution in [0.25, 0.3) is 0 Å². The van der Waals surface area contributed by atoms with Gasteiger partial charge >= 0.3 is 0 Å². The van der Waals surface area contributed by atoms with E-state index in [0.717, 1.165) is 5.82 Å². The highest BCUT2D eigenvalue weighted by Gasteiger charge is 2.05. The first kappa shape index (κ1) is 9.12. The summed E-state index contributed by atoms with van der Waals surface area (Å²) in [6.07, 6.45) is 0. The third-order valence-corrected chi connectivity index (χ3v) is 1.84. The van der Waals surface area contributed by atoms with E-state index in [1.165, 1.54) is 11.5 Å². The summed E-state index contributed by atoms with van der Waals surface area (Å²) >= 11 is 1.28. The Kier molecular flexibility index (Phi) is 2.75. The highest BCUT2D eigenvalue weighted by molar-refractivity contribution is 7.09. The zero-order valence-corrected chi connectivity index (χ0v) is 8.22.